The smallest absolute Gasteiger partial charge is 0.227 e. The Morgan fingerprint density at radius 1 is 1.25 bits per heavy atom. The number of hydrogen-bond donors (Lipinski definition) is 1. The number of benzene rings is 1. The molecule has 0 saturated heterocycles. The number of hydrogen-bond acceptors (Lipinski definition) is 5. The summed E-state index contributed by atoms with van der Waals surface area (Å²) in [6, 6.07) is 8.21. The van der Waals surface area contributed by atoms with Gasteiger partial charge >= 0.3 is 0 Å². The Morgan fingerprint density at radius 3 is 2.71 bits per heavy atom. The van der Waals surface area contributed by atoms with Gasteiger partial charge in [0.2, 0.25) is 11.1 Å². The van der Waals surface area contributed by atoms with Gasteiger partial charge in [0.1, 0.15) is 6.04 Å². The van der Waals surface area contributed by atoms with Crippen molar-refractivity contribution in [1.29, 1.82) is 0 Å². The first-order chi connectivity index (χ1) is 13.4. The number of ketones is 1. The molecular formula is C22H28N4OS. The third-order valence-corrected chi connectivity index (χ3v) is 6.36. The summed E-state index contributed by atoms with van der Waals surface area (Å²) in [5.41, 5.74) is 4.12. The van der Waals surface area contributed by atoms with Gasteiger partial charge in [-0.25, -0.2) is 4.68 Å². The van der Waals surface area contributed by atoms with Crippen LogP contribution in [0, 0.1) is 12.3 Å². The molecule has 2 aliphatic rings. The number of aryl methyl sites for hydroxylation is 1. The van der Waals surface area contributed by atoms with Crippen molar-refractivity contribution in [2.45, 2.75) is 64.6 Å². The summed E-state index contributed by atoms with van der Waals surface area (Å²) in [4.78, 5) is 17.9. The molecule has 28 heavy (non-hydrogen) atoms. The van der Waals surface area contributed by atoms with Crippen molar-refractivity contribution >= 4 is 23.5 Å². The molecule has 5 nitrogen and oxygen atoms in total. The summed E-state index contributed by atoms with van der Waals surface area (Å²) in [5, 5.41) is 9.00. The second-order valence-corrected chi connectivity index (χ2v) is 9.70. The molecule has 0 saturated carbocycles. The molecule has 1 aromatic carbocycles. The van der Waals surface area contributed by atoms with E-state index in [4.69, 9.17) is 10.1 Å². The summed E-state index contributed by atoms with van der Waals surface area (Å²) in [7, 11) is 0. The molecule has 2 heterocycles. The minimum Gasteiger partial charge on any atom is -0.328 e. The van der Waals surface area contributed by atoms with Crippen LogP contribution < -0.4 is 5.32 Å². The molecule has 1 N–H and O–H groups in total. The highest BCUT2D eigenvalue weighted by Gasteiger charge is 2.41. The normalized spacial score (nSPS) is 20.6. The lowest BCUT2D eigenvalue weighted by atomic mass is 9.73. The van der Waals surface area contributed by atoms with Gasteiger partial charge in [-0.2, -0.15) is 4.98 Å². The number of rotatable bonds is 5. The second-order valence-electron chi connectivity index (χ2n) is 8.64. The van der Waals surface area contributed by atoms with Crippen LogP contribution in [0.1, 0.15) is 63.6 Å². The second kappa shape index (κ2) is 7.39. The number of aromatic nitrogens is 3. The van der Waals surface area contributed by atoms with Crippen LogP contribution >= 0.6 is 11.8 Å². The van der Waals surface area contributed by atoms with Gasteiger partial charge in [-0.1, -0.05) is 68.8 Å². The van der Waals surface area contributed by atoms with E-state index in [1.807, 2.05) is 4.68 Å². The van der Waals surface area contributed by atoms with Gasteiger partial charge in [0, 0.05) is 23.4 Å². The summed E-state index contributed by atoms with van der Waals surface area (Å²) in [6.45, 7) is 8.58. The highest BCUT2D eigenvalue weighted by molar-refractivity contribution is 7.99. The molecule has 2 aromatic rings. The monoisotopic (exact) mass is 396 g/mol. The van der Waals surface area contributed by atoms with E-state index in [9.17, 15) is 4.79 Å². The lowest BCUT2D eigenvalue weighted by Crippen LogP contribution is -2.36. The van der Waals surface area contributed by atoms with E-state index in [1.165, 1.54) is 5.56 Å². The molecule has 0 bridgehead atoms. The SMILES string of the molecule is CCCCSc1nc2n(n1)[C@H](c1ccc(C)cc1)C1=C(CC(C)(C)CC1=O)N2. The first-order valence-electron chi connectivity index (χ1n) is 10.1. The Morgan fingerprint density at radius 2 is 2.00 bits per heavy atom. The molecule has 148 valence electrons. The number of Topliss-reactive ketones (excluding diaryl/α,β-unsaturated/α-hetero) is 1. The molecule has 0 unspecified atom stereocenters. The lowest BCUT2D eigenvalue weighted by Gasteiger charge is -2.38. The van der Waals surface area contributed by atoms with E-state index < -0.39 is 0 Å². The van der Waals surface area contributed by atoms with Gasteiger partial charge in [0.25, 0.3) is 0 Å². The zero-order valence-electron chi connectivity index (χ0n) is 17.1. The van der Waals surface area contributed by atoms with Crippen molar-refractivity contribution in [3.05, 3.63) is 46.7 Å². The third-order valence-electron chi connectivity index (χ3n) is 5.43. The number of unbranched alkanes of at least 4 members (excludes halogenated alkanes) is 1. The van der Waals surface area contributed by atoms with Crippen molar-refractivity contribution in [3.8, 4) is 0 Å². The van der Waals surface area contributed by atoms with Gasteiger partial charge in [0.05, 0.1) is 0 Å². The van der Waals surface area contributed by atoms with Crippen molar-refractivity contribution in [3.63, 3.8) is 0 Å². The zero-order chi connectivity index (χ0) is 19.9. The number of carbonyl (C=O) groups excluding carboxylic acids is 1. The van der Waals surface area contributed by atoms with Crippen molar-refractivity contribution in [2.75, 3.05) is 11.1 Å². The number of carbonyl (C=O) groups is 1. The van der Waals surface area contributed by atoms with E-state index >= 15 is 0 Å². The van der Waals surface area contributed by atoms with Gasteiger partial charge < -0.3 is 5.32 Å². The maximum atomic E-state index is 13.2. The summed E-state index contributed by atoms with van der Waals surface area (Å²) in [5.74, 6) is 1.97. The largest absolute Gasteiger partial charge is 0.328 e. The fourth-order valence-corrected chi connectivity index (χ4v) is 4.93. The number of allylic oxidation sites excluding steroid dienone is 2. The summed E-state index contributed by atoms with van der Waals surface area (Å²) < 4.78 is 1.91. The average molecular weight is 397 g/mol. The van der Waals surface area contributed by atoms with E-state index in [0.717, 1.165) is 53.0 Å². The molecular weight excluding hydrogens is 368 g/mol. The fourth-order valence-electron chi connectivity index (χ4n) is 4.02. The topological polar surface area (TPSA) is 59.8 Å². The molecule has 6 heteroatoms. The molecule has 4 rings (SSSR count). The maximum absolute atomic E-state index is 13.2. The van der Waals surface area contributed by atoms with Crippen molar-refractivity contribution in [2.24, 2.45) is 5.41 Å². The highest BCUT2D eigenvalue weighted by atomic mass is 32.2. The molecule has 1 aromatic heterocycles. The van der Waals surface area contributed by atoms with Gasteiger partial charge in [-0.05, 0) is 30.7 Å². The zero-order valence-corrected chi connectivity index (χ0v) is 17.9. The number of nitrogens with zero attached hydrogens (tertiary/aromatic N) is 3. The summed E-state index contributed by atoms with van der Waals surface area (Å²) in [6.07, 6.45) is 3.72. The van der Waals surface area contributed by atoms with Crippen LogP contribution in [0.25, 0.3) is 0 Å². The van der Waals surface area contributed by atoms with Crippen LogP contribution in [0.5, 0.6) is 0 Å². The number of nitrogens with one attached hydrogen (secondary N) is 1. The molecule has 1 atom stereocenters. The molecule has 0 spiro atoms. The number of fused-ring (bicyclic) bond motifs is 1. The van der Waals surface area contributed by atoms with Crippen LogP contribution in [0.3, 0.4) is 0 Å². The predicted molar refractivity (Wildman–Crippen MR) is 114 cm³/mol. The molecule has 1 aliphatic heterocycles. The van der Waals surface area contributed by atoms with Crippen LogP contribution in [-0.4, -0.2) is 26.3 Å². The average Bonchev–Trinajstić information content (AvgIpc) is 3.02. The third kappa shape index (κ3) is 3.62. The Labute approximate surface area is 171 Å². The minimum atomic E-state index is -0.205. The van der Waals surface area contributed by atoms with Crippen LogP contribution in [0.15, 0.2) is 40.7 Å². The van der Waals surface area contributed by atoms with Gasteiger partial charge in [0.15, 0.2) is 5.78 Å². The Hall–Kier alpha value is -2.08. The predicted octanol–water partition coefficient (Wildman–Crippen LogP) is 5.14. The Balaban J connectivity index is 1.78. The lowest BCUT2D eigenvalue weighted by molar-refractivity contribution is -0.118. The van der Waals surface area contributed by atoms with Crippen LogP contribution in [-0.2, 0) is 4.79 Å². The Bertz CT molecular complexity index is 927. The molecule has 0 amide bonds. The van der Waals surface area contributed by atoms with Crippen LogP contribution in [0.4, 0.5) is 5.95 Å². The minimum absolute atomic E-state index is 0.0400. The molecule has 0 radical (unpaired) electrons. The summed E-state index contributed by atoms with van der Waals surface area (Å²) >= 11 is 1.69. The fraction of sp³-hybridized carbons (Fsp3) is 0.500. The van der Waals surface area contributed by atoms with E-state index in [-0.39, 0.29) is 17.2 Å². The molecule has 0 fully saturated rings. The van der Waals surface area contributed by atoms with E-state index in [2.05, 4.69) is 57.3 Å². The van der Waals surface area contributed by atoms with E-state index in [1.54, 1.807) is 11.8 Å². The standard InChI is InChI=1S/C22H28N4OS/c1-5-6-11-28-21-24-20-23-16-12-22(3,4)13-17(27)18(16)19(26(20)25-21)15-9-7-14(2)8-10-15/h7-10,19H,5-6,11-13H2,1-4H3,(H,23,24,25)/t19-/m1/s1. The van der Waals surface area contributed by atoms with Crippen molar-refractivity contribution < 1.29 is 4.79 Å². The first kappa shape index (κ1) is 19.2. The molecule has 1 aliphatic carbocycles. The highest BCUT2D eigenvalue weighted by Crippen LogP contribution is 2.45. The van der Waals surface area contributed by atoms with Crippen molar-refractivity contribution in [1.82, 2.24) is 14.8 Å². The maximum Gasteiger partial charge on any atom is 0.227 e. The van der Waals surface area contributed by atoms with Crippen LogP contribution in [0.2, 0.25) is 0 Å². The number of thioether (sulfide) groups is 1. The van der Waals surface area contributed by atoms with Gasteiger partial charge in [-0.3, -0.25) is 4.79 Å². The van der Waals surface area contributed by atoms with Gasteiger partial charge in [-0.15, -0.1) is 5.10 Å². The Kier molecular flexibility index (Phi) is 5.08. The van der Waals surface area contributed by atoms with E-state index in [0.29, 0.717) is 6.42 Å². The quantitative estimate of drug-likeness (QED) is 0.560. The first-order valence-corrected chi connectivity index (χ1v) is 11.1. The number of anilines is 1.